The van der Waals surface area contributed by atoms with Crippen LogP contribution in [0.25, 0.3) is 10.9 Å². The predicted octanol–water partition coefficient (Wildman–Crippen LogP) is 3.96. The monoisotopic (exact) mass is 346 g/mol. The smallest absolute Gasteiger partial charge is 0.137 e. The van der Waals surface area contributed by atoms with Gasteiger partial charge in [-0.3, -0.25) is 0 Å². The summed E-state index contributed by atoms with van der Waals surface area (Å²) in [5.41, 5.74) is 8.72. The Labute approximate surface area is 152 Å². The van der Waals surface area contributed by atoms with E-state index in [4.69, 9.17) is 10.5 Å². The van der Waals surface area contributed by atoms with E-state index in [0.717, 1.165) is 48.3 Å². The van der Waals surface area contributed by atoms with E-state index in [1.54, 1.807) is 6.33 Å². The highest BCUT2D eigenvalue weighted by Crippen LogP contribution is 2.22. The van der Waals surface area contributed by atoms with Gasteiger partial charge < -0.3 is 15.8 Å². The van der Waals surface area contributed by atoms with Crippen molar-refractivity contribution in [3.05, 3.63) is 66.5 Å². The van der Waals surface area contributed by atoms with Crippen LogP contribution in [0, 0.1) is 0 Å². The van der Waals surface area contributed by atoms with Gasteiger partial charge in [-0.25, -0.2) is 9.97 Å². The van der Waals surface area contributed by atoms with E-state index in [1.807, 2.05) is 30.3 Å². The lowest BCUT2D eigenvalue weighted by Gasteiger charge is -2.13. The molecule has 5 heteroatoms. The van der Waals surface area contributed by atoms with Gasteiger partial charge in [-0.15, -0.1) is 0 Å². The number of benzene rings is 2. The topological polar surface area (TPSA) is 73.1 Å². The molecule has 0 bridgehead atoms. The second-order valence-corrected chi connectivity index (χ2v) is 6.48. The van der Waals surface area contributed by atoms with Gasteiger partial charge in [0, 0.05) is 17.6 Å². The summed E-state index contributed by atoms with van der Waals surface area (Å²) in [5.74, 6) is 1.74. The molecule has 132 valence electrons. The molecule has 0 fully saturated rings. The van der Waals surface area contributed by atoms with Crippen LogP contribution < -0.4 is 15.8 Å². The average Bonchev–Trinajstić information content (AvgIpc) is 3.15. The van der Waals surface area contributed by atoms with Crippen molar-refractivity contribution in [2.45, 2.75) is 25.4 Å². The highest BCUT2D eigenvalue weighted by atomic mass is 16.5. The molecular weight excluding hydrogens is 324 g/mol. The highest BCUT2D eigenvalue weighted by molar-refractivity contribution is 5.91. The van der Waals surface area contributed by atoms with Gasteiger partial charge in [0.05, 0.1) is 5.52 Å². The maximum atomic E-state index is 6.01. The zero-order valence-electron chi connectivity index (χ0n) is 14.6. The molecule has 1 aliphatic rings. The fourth-order valence-corrected chi connectivity index (χ4v) is 3.19. The van der Waals surface area contributed by atoms with Crippen LogP contribution in [0.4, 0.5) is 11.5 Å². The summed E-state index contributed by atoms with van der Waals surface area (Å²) in [4.78, 5) is 8.64. The van der Waals surface area contributed by atoms with Crippen molar-refractivity contribution in [3.63, 3.8) is 0 Å². The van der Waals surface area contributed by atoms with E-state index in [1.165, 1.54) is 5.56 Å². The SMILES string of the molecule is Nc1ccc2ncnc(NCCc3cccc(OC4C=CCC4)c3)c2c1. The van der Waals surface area contributed by atoms with Crippen molar-refractivity contribution in [1.29, 1.82) is 0 Å². The molecule has 0 saturated carbocycles. The summed E-state index contributed by atoms with van der Waals surface area (Å²) >= 11 is 0. The number of nitrogens with zero attached hydrogens (tertiary/aromatic N) is 2. The number of nitrogens with one attached hydrogen (secondary N) is 1. The Balaban J connectivity index is 1.40. The third-order valence-corrected chi connectivity index (χ3v) is 4.52. The van der Waals surface area contributed by atoms with E-state index < -0.39 is 0 Å². The Hall–Kier alpha value is -3.08. The van der Waals surface area contributed by atoms with Crippen LogP contribution in [-0.4, -0.2) is 22.6 Å². The van der Waals surface area contributed by atoms with Crippen molar-refractivity contribution in [1.82, 2.24) is 9.97 Å². The number of ether oxygens (including phenoxy) is 1. The summed E-state index contributed by atoms with van der Waals surface area (Å²) in [7, 11) is 0. The molecule has 0 radical (unpaired) electrons. The number of hydrogen-bond acceptors (Lipinski definition) is 5. The van der Waals surface area contributed by atoms with Crippen LogP contribution in [0.3, 0.4) is 0 Å². The van der Waals surface area contributed by atoms with Crippen molar-refractivity contribution in [3.8, 4) is 5.75 Å². The van der Waals surface area contributed by atoms with Crippen molar-refractivity contribution in [2.24, 2.45) is 0 Å². The van der Waals surface area contributed by atoms with Gasteiger partial charge in [0.2, 0.25) is 0 Å². The van der Waals surface area contributed by atoms with Gasteiger partial charge in [0.1, 0.15) is 24.0 Å². The first kappa shape index (κ1) is 16.4. The molecular formula is C21H22N4O. The Morgan fingerprint density at radius 3 is 3.00 bits per heavy atom. The molecule has 3 N–H and O–H groups in total. The number of hydrogen-bond donors (Lipinski definition) is 2. The summed E-state index contributed by atoms with van der Waals surface area (Å²) in [6.45, 7) is 0.772. The molecule has 4 rings (SSSR count). The van der Waals surface area contributed by atoms with Crippen molar-refractivity contribution >= 4 is 22.4 Å². The second-order valence-electron chi connectivity index (χ2n) is 6.48. The van der Waals surface area contributed by atoms with Crippen LogP contribution in [-0.2, 0) is 6.42 Å². The third kappa shape index (κ3) is 3.77. The zero-order valence-corrected chi connectivity index (χ0v) is 14.6. The minimum absolute atomic E-state index is 0.209. The highest BCUT2D eigenvalue weighted by Gasteiger charge is 2.10. The van der Waals surface area contributed by atoms with Crippen molar-refractivity contribution in [2.75, 3.05) is 17.6 Å². The average molecular weight is 346 g/mol. The van der Waals surface area contributed by atoms with Gasteiger partial charge in [0.25, 0.3) is 0 Å². The van der Waals surface area contributed by atoms with Crippen molar-refractivity contribution < 1.29 is 4.74 Å². The van der Waals surface area contributed by atoms with Gasteiger partial charge in [-0.1, -0.05) is 18.2 Å². The summed E-state index contributed by atoms with van der Waals surface area (Å²) in [6.07, 6.45) is 9.15. The molecule has 0 amide bonds. The number of nitrogens with two attached hydrogens (primary N) is 1. The first-order chi connectivity index (χ1) is 12.8. The van der Waals surface area contributed by atoms with E-state index >= 15 is 0 Å². The molecule has 0 saturated heterocycles. The van der Waals surface area contributed by atoms with E-state index in [9.17, 15) is 0 Å². The van der Waals surface area contributed by atoms with Crippen LogP contribution in [0.2, 0.25) is 0 Å². The van der Waals surface area contributed by atoms with E-state index in [0.29, 0.717) is 5.69 Å². The Morgan fingerprint density at radius 1 is 1.15 bits per heavy atom. The second kappa shape index (κ2) is 7.44. The summed E-state index contributed by atoms with van der Waals surface area (Å²) in [5, 5.41) is 4.34. The first-order valence-corrected chi connectivity index (χ1v) is 8.94. The summed E-state index contributed by atoms with van der Waals surface area (Å²) < 4.78 is 6.01. The minimum Gasteiger partial charge on any atom is -0.486 e. The number of allylic oxidation sites excluding steroid dienone is 1. The molecule has 2 aromatic carbocycles. The predicted molar refractivity (Wildman–Crippen MR) is 105 cm³/mol. The first-order valence-electron chi connectivity index (χ1n) is 8.94. The molecule has 1 aliphatic carbocycles. The molecule has 0 aliphatic heterocycles. The van der Waals surface area contributed by atoms with Gasteiger partial charge in [-0.2, -0.15) is 0 Å². The lowest BCUT2D eigenvalue weighted by molar-refractivity contribution is 0.248. The van der Waals surface area contributed by atoms with Gasteiger partial charge in [-0.05, 0) is 61.2 Å². The Morgan fingerprint density at radius 2 is 2.12 bits per heavy atom. The molecule has 3 aromatic rings. The number of nitrogen functional groups attached to an aromatic ring is 1. The number of rotatable bonds is 6. The van der Waals surface area contributed by atoms with E-state index in [2.05, 4.69) is 39.6 Å². The van der Waals surface area contributed by atoms with Crippen LogP contribution in [0.15, 0.2) is 60.9 Å². The number of aromatic nitrogens is 2. The van der Waals surface area contributed by atoms with E-state index in [-0.39, 0.29) is 6.10 Å². The Kier molecular flexibility index (Phi) is 4.69. The lowest BCUT2D eigenvalue weighted by Crippen LogP contribution is -2.10. The quantitative estimate of drug-likeness (QED) is 0.522. The maximum absolute atomic E-state index is 6.01. The standard InChI is InChI=1S/C21H22N4O/c22-16-8-9-20-19(13-16)21(25-14-24-20)23-11-10-15-4-3-7-18(12-15)26-17-5-1-2-6-17/h1,3-5,7-9,12-14,17H,2,6,10-11,22H2,(H,23,24,25). The third-order valence-electron chi connectivity index (χ3n) is 4.52. The molecule has 1 heterocycles. The Bertz CT molecular complexity index is 938. The van der Waals surface area contributed by atoms with Crippen LogP contribution >= 0.6 is 0 Å². The van der Waals surface area contributed by atoms with Crippen LogP contribution in [0.1, 0.15) is 18.4 Å². The fraction of sp³-hybridized carbons (Fsp3) is 0.238. The molecule has 1 atom stereocenters. The largest absolute Gasteiger partial charge is 0.486 e. The molecule has 1 unspecified atom stereocenters. The lowest BCUT2D eigenvalue weighted by atomic mass is 10.1. The molecule has 1 aromatic heterocycles. The minimum atomic E-state index is 0.209. The zero-order chi connectivity index (χ0) is 17.8. The normalized spacial score (nSPS) is 16.1. The molecule has 26 heavy (non-hydrogen) atoms. The van der Waals surface area contributed by atoms with Crippen LogP contribution in [0.5, 0.6) is 5.75 Å². The van der Waals surface area contributed by atoms with Gasteiger partial charge in [0.15, 0.2) is 0 Å². The molecule has 0 spiro atoms. The fourth-order valence-electron chi connectivity index (χ4n) is 3.19. The summed E-state index contributed by atoms with van der Waals surface area (Å²) in [6, 6.07) is 14.0. The number of anilines is 2. The molecule has 5 nitrogen and oxygen atoms in total. The van der Waals surface area contributed by atoms with Gasteiger partial charge >= 0.3 is 0 Å². The maximum Gasteiger partial charge on any atom is 0.137 e. The number of fused-ring (bicyclic) bond motifs is 1.